The van der Waals surface area contributed by atoms with Crippen molar-refractivity contribution in [3.63, 3.8) is 0 Å². The molecule has 1 aliphatic heterocycles. The number of rotatable bonds is 4. The van der Waals surface area contributed by atoms with Gasteiger partial charge in [0.15, 0.2) is 0 Å². The Bertz CT molecular complexity index is 1020. The summed E-state index contributed by atoms with van der Waals surface area (Å²) in [6, 6.07) is 4.61. The molecule has 158 valence electrons. The van der Waals surface area contributed by atoms with E-state index in [-0.39, 0.29) is 24.1 Å². The fourth-order valence-corrected chi connectivity index (χ4v) is 3.37. The van der Waals surface area contributed by atoms with Crippen molar-refractivity contribution in [2.45, 2.75) is 38.3 Å². The Kier molecular flexibility index (Phi) is 5.27. The number of piperidine rings is 1. The average molecular weight is 421 g/mol. The van der Waals surface area contributed by atoms with Crippen molar-refractivity contribution in [1.29, 1.82) is 0 Å². The number of alkyl halides is 3. The van der Waals surface area contributed by atoms with Crippen molar-refractivity contribution in [3.05, 3.63) is 47.1 Å². The molecule has 3 aromatic rings. The standard InChI is InChI=1S/C19H18F3N5O3/c1-11-15(25-30-24-11)10-16(28)27-8-6-13(7-9-27)18-23-17(26-29-18)12-2-4-14(5-3-12)19(20,21)22/h2-5,13H,6-10H2,1H3. The van der Waals surface area contributed by atoms with Crippen LogP contribution in [0, 0.1) is 6.92 Å². The third-order valence-electron chi connectivity index (χ3n) is 5.17. The summed E-state index contributed by atoms with van der Waals surface area (Å²) < 4.78 is 48.0. The van der Waals surface area contributed by atoms with Crippen molar-refractivity contribution in [1.82, 2.24) is 25.4 Å². The second-order valence-electron chi connectivity index (χ2n) is 7.16. The van der Waals surface area contributed by atoms with Crippen LogP contribution in [0.1, 0.15) is 41.6 Å². The SMILES string of the molecule is Cc1nonc1CC(=O)N1CCC(c2nc(-c3ccc(C(F)(F)F)cc3)no2)CC1. The first-order valence-electron chi connectivity index (χ1n) is 9.38. The smallest absolute Gasteiger partial charge is 0.342 e. The Labute approximate surface area is 169 Å². The molecule has 1 amide bonds. The number of likely N-dealkylation sites (tertiary alicyclic amines) is 1. The van der Waals surface area contributed by atoms with Gasteiger partial charge in [-0.05, 0) is 31.9 Å². The van der Waals surface area contributed by atoms with E-state index in [0.29, 0.717) is 48.8 Å². The highest BCUT2D eigenvalue weighted by molar-refractivity contribution is 5.78. The van der Waals surface area contributed by atoms with E-state index in [1.807, 2.05) is 0 Å². The van der Waals surface area contributed by atoms with Crippen LogP contribution in [-0.2, 0) is 17.4 Å². The molecule has 30 heavy (non-hydrogen) atoms. The second-order valence-corrected chi connectivity index (χ2v) is 7.16. The van der Waals surface area contributed by atoms with Crippen LogP contribution in [0.15, 0.2) is 33.4 Å². The van der Waals surface area contributed by atoms with Crippen LogP contribution in [0.25, 0.3) is 11.4 Å². The number of carbonyl (C=O) groups excluding carboxylic acids is 1. The Morgan fingerprint density at radius 1 is 1.13 bits per heavy atom. The lowest BCUT2D eigenvalue weighted by atomic mass is 9.96. The molecule has 1 fully saturated rings. The van der Waals surface area contributed by atoms with Gasteiger partial charge in [-0.3, -0.25) is 4.79 Å². The molecule has 11 heteroatoms. The molecule has 0 spiro atoms. The summed E-state index contributed by atoms with van der Waals surface area (Å²) in [6.45, 7) is 2.80. The zero-order valence-corrected chi connectivity index (χ0v) is 16.0. The number of aryl methyl sites for hydroxylation is 1. The first kappa shape index (κ1) is 20.0. The molecule has 1 aliphatic rings. The molecule has 0 N–H and O–H groups in total. The summed E-state index contributed by atoms with van der Waals surface area (Å²) in [7, 11) is 0. The van der Waals surface area contributed by atoms with Crippen LogP contribution in [0.5, 0.6) is 0 Å². The number of halogens is 3. The van der Waals surface area contributed by atoms with Gasteiger partial charge in [-0.1, -0.05) is 27.6 Å². The number of hydrogen-bond acceptors (Lipinski definition) is 7. The molecule has 1 saturated heterocycles. The van der Waals surface area contributed by atoms with Gasteiger partial charge in [0.05, 0.1) is 12.0 Å². The molecule has 4 rings (SSSR count). The maximum absolute atomic E-state index is 12.7. The van der Waals surface area contributed by atoms with E-state index in [9.17, 15) is 18.0 Å². The number of nitrogens with zero attached hydrogens (tertiary/aromatic N) is 5. The highest BCUT2D eigenvalue weighted by atomic mass is 19.4. The Morgan fingerprint density at radius 2 is 1.83 bits per heavy atom. The lowest BCUT2D eigenvalue weighted by molar-refractivity contribution is -0.137. The van der Waals surface area contributed by atoms with E-state index in [1.165, 1.54) is 12.1 Å². The Hall–Kier alpha value is -3.24. The van der Waals surface area contributed by atoms with Gasteiger partial charge >= 0.3 is 6.18 Å². The molecule has 0 bridgehead atoms. The molecular formula is C19H18F3N5O3. The molecule has 0 saturated carbocycles. The van der Waals surface area contributed by atoms with Crippen LogP contribution in [0.2, 0.25) is 0 Å². The van der Waals surface area contributed by atoms with E-state index in [4.69, 9.17) is 4.52 Å². The van der Waals surface area contributed by atoms with Crippen LogP contribution >= 0.6 is 0 Å². The van der Waals surface area contributed by atoms with E-state index in [0.717, 1.165) is 12.1 Å². The topological polar surface area (TPSA) is 98.2 Å². The number of carbonyl (C=O) groups is 1. The molecule has 2 aromatic heterocycles. The number of benzene rings is 1. The quantitative estimate of drug-likeness (QED) is 0.637. The summed E-state index contributed by atoms with van der Waals surface area (Å²) in [5.74, 6) is 0.600. The van der Waals surface area contributed by atoms with Crippen molar-refractivity contribution >= 4 is 5.91 Å². The molecule has 0 aliphatic carbocycles. The first-order valence-corrected chi connectivity index (χ1v) is 9.38. The van der Waals surface area contributed by atoms with Crippen molar-refractivity contribution in [2.75, 3.05) is 13.1 Å². The highest BCUT2D eigenvalue weighted by Gasteiger charge is 2.31. The van der Waals surface area contributed by atoms with Gasteiger partial charge in [0.2, 0.25) is 17.6 Å². The van der Waals surface area contributed by atoms with Crippen LogP contribution in [0.4, 0.5) is 13.2 Å². The molecular weight excluding hydrogens is 403 g/mol. The monoisotopic (exact) mass is 421 g/mol. The number of amides is 1. The molecule has 0 unspecified atom stereocenters. The van der Waals surface area contributed by atoms with Crippen LogP contribution < -0.4 is 0 Å². The highest BCUT2D eigenvalue weighted by Crippen LogP contribution is 2.32. The van der Waals surface area contributed by atoms with E-state index in [1.54, 1.807) is 11.8 Å². The van der Waals surface area contributed by atoms with Gasteiger partial charge < -0.3 is 9.42 Å². The predicted octanol–water partition coefficient (Wildman–Crippen LogP) is 3.40. The maximum Gasteiger partial charge on any atom is 0.416 e. The predicted molar refractivity (Wildman–Crippen MR) is 96.0 cm³/mol. The fraction of sp³-hybridized carbons (Fsp3) is 0.421. The summed E-state index contributed by atoms with van der Waals surface area (Å²) in [5.41, 5.74) is 0.839. The third-order valence-corrected chi connectivity index (χ3v) is 5.17. The van der Waals surface area contributed by atoms with E-state index >= 15 is 0 Å². The van der Waals surface area contributed by atoms with Crippen molar-refractivity contribution < 1.29 is 27.1 Å². The van der Waals surface area contributed by atoms with E-state index in [2.05, 4.69) is 25.1 Å². The summed E-state index contributed by atoms with van der Waals surface area (Å²) in [6.07, 6.45) is -2.96. The zero-order chi connectivity index (χ0) is 21.3. The minimum atomic E-state index is -4.39. The van der Waals surface area contributed by atoms with Crippen molar-refractivity contribution in [3.8, 4) is 11.4 Å². The van der Waals surface area contributed by atoms with Crippen LogP contribution in [-0.4, -0.2) is 44.4 Å². The largest absolute Gasteiger partial charge is 0.416 e. The van der Waals surface area contributed by atoms with Gasteiger partial charge in [0, 0.05) is 24.6 Å². The lowest BCUT2D eigenvalue weighted by Crippen LogP contribution is -2.39. The Balaban J connectivity index is 1.36. The fourth-order valence-electron chi connectivity index (χ4n) is 3.37. The normalized spacial score (nSPS) is 15.5. The number of hydrogen-bond donors (Lipinski definition) is 0. The minimum Gasteiger partial charge on any atom is -0.342 e. The first-order chi connectivity index (χ1) is 14.3. The Morgan fingerprint density at radius 3 is 2.43 bits per heavy atom. The third kappa shape index (κ3) is 4.19. The second kappa shape index (κ2) is 7.88. The average Bonchev–Trinajstić information content (AvgIpc) is 3.37. The van der Waals surface area contributed by atoms with Gasteiger partial charge in [-0.15, -0.1) is 0 Å². The molecule has 0 radical (unpaired) electrons. The van der Waals surface area contributed by atoms with Crippen molar-refractivity contribution in [2.24, 2.45) is 0 Å². The van der Waals surface area contributed by atoms with Gasteiger partial charge in [-0.2, -0.15) is 18.2 Å². The molecule has 1 aromatic carbocycles. The number of aromatic nitrogens is 4. The van der Waals surface area contributed by atoms with Gasteiger partial charge in [0.25, 0.3) is 0 Å². The van der Waals surface area contributed by atoms with Gasteiger partial charge in [-0.25, -0.2) is 4.63 Å². The zero-order valence-electron chi connectivity index (χ0n) is 16.0. The minimum absolute atomic E-state index is 0.0137. The van der Waals surface area contributed by atoms with E-state index < -0.39 is 11.7 Å². The maximum atomic E-state index is 12.7. The molecule has 8 nitrogen and oxygen atoms in total. The summed E-state index contributed by atoms with van der Waals surface area (Å²) in [5, 5.41) is 11.3. The summed E-state index contributed by atoms with van der Waals surface area (Å²) in [4.78, 5) is 18.5. The lowest BCUT2D eigenvalue weighted by Gasteiger charge is -2.30. The van der Waals surface area contributed by atoms with Crippen LogP contribution in [0.3, 0.4) is 0 Å². The summed E-state index contributed by atoms with van der Waals surface area (Å²) >= 11 is 0. The molecule has 0 atom stereocenters. The molecule has 3 heterocycles. The van der Waals surface area contributed by atoms with Gasteiger partial charge in [0.1, 0.15) is 11.4 Å².